The van der Waals surface area contributed by atoms with E-state index in [4.69, 9.17) is 21.7 Å². The van der Waals surface area contributed by atoms with Crippen LogP contribution in [0.1, 0.15) is 23.9 Å². The predicted octanol–water partition coefficient (Wildman–Crippen LogP) is 5.93. The number of nitrogens with zero attached hydrogens (tertiary/aromatic N) is 4. The van der Waals surface area contributed by atoms with Crippen LogP contribution in [0.3, 0.4) is 0 Å². The Kier molecular flexibility index (Phi) is 8.41. The summed E-state index contributed by atoms with van der Waals surface area (Å²) < 4.78 is 13.0. The molecule has 0 spiro atoms. The molecule has 2 heterocycles. The van der Waals surface area contributed by atoms with Gasteiger partial charge >= 0.3 is 5.69 Å². The number of nitro groups is 2. The number of hydrogen-bond donors (Lipinski definition) is 1. The standard InChI is InChI=1S/C31H25N5O8S/c1-4-43-24-10-5-22(6-11-24)34-30(38)26(29(37)32-31(34)45)16-20-15-18(2)33(19(20)3)21-7-12-25(13-8-21)44-28-14-9-23(35(39)40)17-27(28)36(41)42/h5-17H,4H2,1-3H3,(H,32,37,45)/b26-16+. The number of thiocarbonyl (C=S) groups is 1. The minimum absolute atomic E-state index is 0.0295. The van der Waals surface area contributed by atoms with Gasteiger partial charge in [0.05, 0.1) is 28.2 Å². The number of aromatic nitrogens is 1. The van der Waals surface area contributed by atoms with Gasteiger partial charge in [-0.15, -0.1) is 0 Å². The molecule has 1 aromatic heterocycles. The molecule has 14 heteroatoms. The smallest absolute Gasteiger partial charge is 0.318 e. The Morgan fingerprint density at radius 2 is 1.53 bits per heavy atom. The number of benzene rings is 3. The Morgan fingerprint density at radius 1 is 0.889 bits per heavy atom. The van der Waals surface area contributed by atoms with Gasteiger partial charge in [0.2, 0.25) is 5.75 Å². The summed E-state index contributed by atoms with van der Waals surface area (Å²) >= 11 is 5.31. The van der Waals surface area contributed by atoms with Gasteiger partial charge in [0, 0.05) is 23.1 Å². The lowest BCUT2D eigenvalue weighted by Crippen LogP contribution is -2.54. The number of non-ortho nitro benzene ring substituents is 1. The van der Waals surface area contributed by atoms with Crippen LogP contribution in [0.25, 0.3) is 11.8 Å². The number of ether oxygens (including phenoxy) is 2. The molecule has 4 aromatic rings. The summed E-state index contributed by atoms with van der Waals surface area (Å²) in [5.74, 6) is -0.417. The van der Waals surface area contributed by atoms with Crippen LogP contribution in [0, 0.1) is 34.1 Å². The van der Waals surface area contributed by atoms with Gasteiger partial charge < -0.3 is 14.0 Å². The second-order valence-electron chi connectivity index (χ2n) is 9.81. The molecule has 0 unspecified atom stereocenters. The molecule has 0 aliphatic carbocycles. The average Bonchev–Trinajstić information content (AvgIpc) is 3.28. The largest absolute Gasteiger partial charge is 0.494 e. The quantitative estimate of drug-likeness (QED) is 0.0780. The van der Waals surface area contributed by atoms with Crippen LogP contribution in [0.4, 0.5) is 17.1 Å². The second-order valence-corrected chi connectivity index (χ2v) is 10.2. The summed E-state index contributed by atoms with van der Waals surface area (Å²) in [6.07, 6.45) is 1.52. The van der Waals surface area contributed by atoms with Crippen molar-refractivity contribution in [2.75, 3.05) is 11.5 Å². The molecule has 1 aliphatic heterocycles. The minimum atomic E-state index is -0.749. The first-order chi connectivity index (χ1) is 21.5. The van der Waals surface area contributed by atoms with Gasteiger partial charge in [0.1, 0.15) is 17.1 Å². The molecule has 1 aliphatic rings. The topological polar surface area (TPSA) is 159 Å². The van der Waals surface area contributed by atoms with Crippen LogP contribution in [0.5, 0.6) is 17.2 Å². The Bertz CT molecular complexity index is 1900. The normalized spacial score (nSPS) is 14.0. The highest BCUT2D eigenvalue weighted by Crippen LogP contribution is 2.35. The summed E-state index contributed by atoms with van der Waals surface area (Å²) in [6, 6.07) is 18.4. The number of rotatable bonds is 9. The van der Waals surface area contributed by atoms with Gasteiger partial charge in [-0.05, 0) is 105 Å². The maximum atomic E-state index is 13.5. The fraction of sp³-hybridized carbons (Fsp3) is 0.129. The van der Waals surface area contributed by atoms with Crippen molar-refractivity contribution >= 4 is 52.3 Å². The van der Waals surface area contributed by atoms with Crippen LogP contribution < -0.4 is 19.7 Å². The molecule has 0 radical (unpaired) electrons. The number of carbonyl (C=O) groups is 2. The van der Waals surface area contributed by atoms with Crippen molar-refractivity contribution in [3.8, 4) is 22.9 Å². The molecule has 0 saturated carbocycles. The number of nitrogens with one attached hydrogen (secondary N) is 1. The molecule has 228 valence electrons. The third kappa shape index (κ3) is 6.12. The highest BCUT2D eigenvalue weighted by atomic mass is 32.1. The van der Waals surface area contributed by atoms with E-state index < -0.39 is 33.0 Å². The first-order valence-electron chi connectivity index (χ1n) is 13.5. The molecule has 5 rings (SSSR count). The van der Waals surface area contributed by atoms with Crippen molar-refractivity contribution in [3.05, 3.63) is 116 Å². The zero-order valence-electron chi connectivity index (χ0n) is 24.2. The van der Waals surface area contributed by atoms with Crippen LogP contribution in [0.15, 0.2) is 78.4 Å². The lowest BCUT2D eigenvalue weighted by molar-refractivity contribution is -0.394. The molecule has 1 fully saturated rings. The van der Waals surface area contributed by atoms with Gasteiger partial charge in [0.25, 0.3) is 17.5 Å². The van der Waals surface area contributed by atoms with E-state index >= 15 is 0 Å². The monoisotopic (exact) mass is 627 g/mol. The van der Waals surface area contributed by atoms with Crippen molar-refractivity contribution in [2.45, 2.75) is 20.8 Å². The van der Waals surface area contributed by atoms with Crippen LogP contribution >= 0.6 is 12.2 Å². The van der Waals surface area contributed by atoms with Crippen molar-refractivity contribution in [2.24, 2.45) is 0 Å². The molecule has 13 nitrogen and oxygen atoms in total. The number of nitro benzene ring substituents is 2. The number of hydrogen-bond acceptors (Lipinski definition) is 9. The third-order valence-electron chi connectivity index (χ3n) is 6.95. The minimum Gasteiger partial charge on any atom is -0.494 e. The summed E-state index contributed by atoms with van der Waals surface area (Å²) in [4.78, 5) is 48.7. The van der Waals surface area contributed by atoms with E-state index in [0.717, 1.165) is 29.2 Å². The first-order valence-corrected chi connectivity index (χ1v) is 13.9. The van der Waals surface area contributed by atoms with Crippen molar-refractivity contribution < 1.29 is 28.9 Å². The summed E-state index contributed by atoms with van der Waals surface area (Å²) in [6.45, 7) is 6.06. The Labute approximate surface area is 261 Å². The first kappa shape index (κ1) is 30.6. The molecule has 2 amide bonds. The summed E-state index contributed by atoms with van der Waals surface area (Å²) in [5.41, 5.74) is 2.32. The van der Waals surface area contributed by atoms with Gasteiger partial charge in [-0.1, -0.05) is 0 Å². The SMILES string of the molecule is CCOc1ccc(N2C(=O)/C(=C/c3cc(C)n(-c4ccc(Oc5ccc([N+](=O)[O-])cc5[N+](=O)[O-])cc4)c3C)C(=O)NC2=S)cc1. The Morgan fingerprint density at radius 3 is 2.16 bits per heavy atom. The summed E-state index contributed by atoms with van der Waals surface area (Å²) in [7, 11) is 0. The van der Waals surface area contributed by atoms with Gasteiger partial charge in [-0.2, -0.15) is 0 Å². The van der Waals surface area contributed by atoms with E-state index in [9.17, 15) is 29.8 Å². The van der Waals surface area contributed by atoms with Crippen molar-refractivity contribution in [3.63, 3.8) is 0 Å². The second kappa shape index (κ2) is 12.4. The molecule has 3 aromatic carbocycles. The molecule has 0 bridgehead atoms. The van der Waals surface area contributed by atoms with Crippen LogP contribution in [-0.2, 0) is 9.59 Å². The highest BCUT2D eigenvalue weighted by Gasteiger charge is 2.35. The molecule has 0 atom stereocenters. The lowest BCUT2D eigenvalue weighted by Gasteiger charge is -2.29. The average molecular weight is 628 g/mol. The van der Waals surface area contributed by atoms with Crippen LogP contribution in [0.2, 0.25) is 0 Å². The fourth-order valence-corrected chi connectivity index (χ4v) is 5.16. The van der Waals surface area contributed by atoms with Crippen molar-refractivity contribution in [1.82, 2.24) is 9.88 Å². The van der Waals surface area contributed by atoms with E-state index in [1.54, 1.807) is 48.5 Å². The number of carbonyl (C=O) groups excluding carboxylic acids is 2. The molecular weight excluding hydrogens is 602 g/mol. The Balaban J connectivity index is 1.41. The van der Waals surface area contributed by atoms with E-state index in [2.05, 4.69) is 5.32 Å². The molecule has 1 saturated heterocycles. The highest BCUT2D eigenvalue weighted by molar-refractivity contribution is 7.80. The third-order valence-corrected chi connectivity index (χ3v) is 7.24. The molecule has 1 N–H and O–H groups in total. The van der Waals surface area contributed by atoms with E-state index in [0.29, 0.717) is 23.6 Å². The van der Waals surface area contributed by atoms with Crippen LogP contribution in [-0.4, -0.2) is 37.9 Å². The lowest BCUT2D eigenvalue weighted by atomic mass is 10.1. The zero-order chi connectivity index (χ0) is 32.4. The Hall–Kier alpha value is -5.89. The van der Waals surface area contributed by atoms with Gasteiger partial charge in [-0.25, -0.2) is 0 Å². The van der Waals surface area contributed by atoms with Gasteiger partial charge in [0.15, 0.2) is 5.11 Å². The number of anilines is 1. The van der Waals surface area contributed by atoms with Crippen molar-refractivity contribution in [1.29, 1.82) is 0 Å². The fourth-order valence-electron chi connectivity index (χ4n) is 4.88. The summed E-state index contributed by atoms with van der Waals surface area (Å²) in [5, 5.41) is 25.0. The maximum Gasteiger partial charge on any atom is 0.318 e. The number of aryl methyl sites for hydroxylation is 1. The van der Waals surface area contributed by atoms with E-state index in [1.165, 1.54) is 17.0 Å². The molecular formula is C31H25N5O8S. The van der Waals surface area contributed by atoms with Gasteiger partial charge in [-0.3, -0.25) is 40.0 Å². The predicted molar refractivity (Wildman–Crippen MR) is 169 cm³/mol. The van der Waals surface area contributed by atoms with E-state index in [-0.39, 0.29) is 22.2 Å². The zero-order valence-corrected chi connectivity index (χ0v) is 25.0. The maximum absolute atomic E-state index is 13.5. The molecule has 45 heavy (non-hydrogen) atoms. The number of amides is 2. The van der Waals surface area contributed by atoms with E-state index in [1.807, 2.05) is 31.4 Å².